The van der Waals surface area contributed by atoms with Crippen LogP contribution in [0.2, 0.25) is 0 Å². The number of nitrogens with zero attached hydrogens (tertiary/aromatic N) is 1. The number of carbonyl (C=O) groups is 1. The maximum Gasteiger partial charge on any atom is 0.240 e. The van der Waals surface area contributed by atoms with Crippen LogP contribution < -0.4 is 14.4 Å². The van der Waals surface area contributed by atoms with E-state index in [9.17, 15) is 13.2 Å². The fourth-order valence-electron chi connectivity index (χ4n) is 3.96. The first-order valence-corrected chi connectivity index (χ1v) is 12.7. The standard InChI is InChI=1S/C24H32N2O5S/c1-19(2)31-22-11-7-10-21(16-22)26(32(3,28)29)17-23(27)25-18-24(12-14-30-15-13-24)20-8-5-4-6-9-20/h4-11,16,19H,12-15,17-18H2,1-3H3,(H,25,27). The predicted octanol–water partition coefficient (Wildman–Crippen LogP) is 3.10. The number of ether oxygens (including phenoxy) is 2. The molecule has 1 aliphatic heterocycles. The van der Waals surface area contributed by atoms with Crippen molar-refractivity contribution in [3.63, 3.8) is 0 Å². The number of rotatable bonds is 9. The second kappa shape index (κ2) is 10.4. The summed E-state index contributed by atoms with van der Waals surface area (Å²) in [5.41, 5.74) is 1.32. The minimum absolute atomic E-state index is 0.0473. The van der Waals surface area contributed by atoms with Crippen molar-refractivity contribution in [1.82, 2.24) is 5.32 Å². The van der Waals surface area contributed by atoms with Crippen LogP contribution in [0.1, 0.15) is 32.3 Å². The smallest absolute Gasteiger partial charge is 0.240 e. The molecule has 1 heterocycles. The zero-order valence-electron chi connectivity index (χ0n) is 18.9. The molecule has 1 N–H and O–H groups in total. The molecule has 1 saturated heterocycles. The summed E-state index contributed by atoms with van der Waals surface area (Å²) < 4.78 is 37.3. The molecule has 0 saturated carbocycles. The molecule has 8 heteroatoms. The van der Waals surface area contributed by atoms with Crippen molar-refractivity contribution in [3.8, 4) is 5.75 Å². The minimum atomic E-state index is -3.67. The van der Waals surface area contributed by atoms with Crippen LogP contribution in [-0.2, 0) is 25.0 Å². The molecule has 3 rings (SSSR count). The Morgan fingerprint density at radius 1 is 1.12 bits per heavy atom. The molecule has 0 aromatic heterocycles. The van der Waals surface area contributed by atoms with Gasteiger partial charge in [0, 0.05) is 31.2 Å². The molecular weight excluding hydrogens is 428 g/mol. The Balaban J connectivity index is 1.74. The Labute approximate surface area is 190 Å². The summed E-state index contributed by atoms with van der Waals surface area (Å²) in [5, 5.41) is 2.98. The Morgan fingerprint density at radius 2 is 1.81 bits per heavy atom. The maximum atomic E-state index is 12.9. The zero-order chi connectivity index (χ0) is 23.2. The highest BCUT2D eigenvalue weighted by molar-refractivity contribution is 7.92. The van der Waals surface area contributed by atoms with Crippen molar-refractivity contribution in [3.05, 3.63) is 60.2 Å². The highest BCUT2D eigenvalue weighted by Gasteiger charge is 2.35. The van der Waals surface area contributed by atoms with Crippen LogP contribution in [0.3, 0.4) is 0 Å². The van der Waals surface area contributed by atoms with Crippen molar-refractivity contribution in [1.29, 1.82) is 0 Å². The lowest BCUT2D eigenvalue weighted by atomic mass is 9.74. The molecule has 0 aliphatic carbocycles. The topological polar surface area (TPSA) is 84.9 Å². The van der Waals surface area contributed by atoms with Crippen LogP contribution in [0.25, 0.3) is 0 Å². The van der Waals surface area contributed by atoms with Crippen LogP contribution in [0.4, 0.5) is 5.69 Å². The fourth-order valence-corrected chi connectivity index (χ4v) is 4.81. The number of amides is 1. The van der Waals surface area contributed by atoms with E-state index in [1.165, 1.54) is 0 Å². The number of nitrogens with one attached hydrogen (secondary N) is 1. The average Bonchev–Trinajstić information content (AvgIpc) is 2.76. The van der Waals surface area contributed by atoms with E-state index in [0.717, 1.165) is 29.0 Å². The monoisotopic (exact) mass is 460 g/mol. The SMILES string of the molecule is CC(C)Oc1cccc(N(CC(=O)NCC2(c3ccccc3)CCOCC2)S(C)(=O)=O)c1. The van der Waals surface area contributed by atoms with Gasteiger partial charge in [-0.15, -0.1) is 0 Å². The van der Waals surface area contributed by atoms with E-state index in [1.54, 1.807) is 24.3 Å². The summed E-state index contributed by atoms with van der Waals surface area (Å²) >= 11 is 0. The van der Waals surface area contributed by atoms with Crippen molar-refractivity contribution in [2.45, 2.75) is 38.2 Å². The van der Waals surface area contributed by atoms with Gasteiger partial charge in [-0.05, 0) is 44.4 Å². The molecule has 2 aromatic rings. The van der Waals surface area contributed by atoms with Crippen LogP contribution in [0.5, 0.6) is 5.75 Å². The molecule has 1 aliphatic rings. The largest absolute Gasteiger partial charge is 0.491 e. The summed E-state index contributed by atoms with van der Waals surface area (Å²) in [6.07, 6.45) is 2.64. The van der Waals surface area contributed by atoms with Crippen LogP contribution in [0, 0.1) is 0 Å². The summed E-state index contributed by atoms with van der Waals surface area (Å²) in [7, 11) is -3.67. The normalized spacial score (nSPS) is 15.9. The predicted molar refractivity (Wildman–Crippen MR) is 126 cm³/mol. The van der Waals surface area contributed by atoms with Crippen LogP contribution in [-0.4, -0.2) is 53.0 Å². The Hall–Kier alpha value is -2.58. The average molecular weight is 461 g/mol. The van der Waals surface area contributed by atoms with E-state index >= 15 is 0 Å². The first-order valence-electron chi connectivity index (χ1n) is 10.8. The molecule has 0 bridgehead atoms. The first kappa shape index (κ1) is 24.1. The van der Waals surface area contributed by atoms with Crippen molar-refractivity contribution >= 4 is 21.6 Å². The van der Waals surface area contributed by atoms with E-state index in [1.807, 2.05) is 32.0 Å². The number of benzene rings is 2. The highest BCUT2D eigenvalue weighted by Crippen LogP contribution is 2.34. The van der Waals surface area contributed by atoms with E-state index in [4.69, 9.17) is 9.47 Å². The molecule has 1 amide bonds. The molecule has 1 fully saturated rings. The Morgan fingerprint density at radius 3 is 2.44 bits per heavy atom. The van der Waals surface area contributed by atoms with Gasteiger partial charge in [0.2, 0.25) is 15.9 Å². The van der Waals surface area contributed by atoms with Gasteiger partial charge < -0.3 is 14.8 Å². The third-order valence-corrected chi connectivity index (χ3v) is 6.77. The van der Waals surface area contributed by atoms with Gasteiger partial charge in [0.05, 0.1) is 18.0 Å². The molecule has 2 aromatic carbocycles. The molecular formula is C24H32N2O5S. The van der Waals surface area contributed by atoms with Gasteiger partial charge in [-0.1, -0.05) is 36.4 Å². The summed E-state index contributed by atoms with van der Waals surface area (Å²) in [6, 6.07) is 16.9. The second-order valence-corrected chi connectivity index (χ2v) is 10.4. The number of anilines is 1. The minimum Gasteiger partial charge on any atom is -0.491 e. The Bertz CT molecular complexity index is 1000. The second-order valence-electron chi connectivity index (χ2n) is 8.47. The molecule has 0 radical (unpaired) electrons. The van der Waals surface area contributed by atoms with Gasteiger partial charge in [-0.25, -0.2) is 8.42 Å². The van der Waals surface area contributed by atoms with Crippen molar-refractivity contribution in [2.24, 2.45) is 0 Å². The van der Waals surface area contributed by atoms with Gasteiger partial charge >= 0.3 is 0 Å². The van der Waals surface area contributed by atoms with Gasteiger partial charge in [0.15, 0.2) is 0 Å². The summed E-state index contributed by atoms with van der Waals surface area (Å²) in [6.45, 7) is 5.17. The first-order chi connectivity index (χ1) is 15.2. The van der Waals surface area contributed by atoms with E-state index in [0.29, 0.717) is 31.2 Å². The van der Waals surface area contributed by atoms with Crippen LogP contribution in [0.15, 0.2) is 54.6 Å². The van der Waals surface area contributed by atoms with Crippen LogP contribution >= 0.6 is 0 Å². The van der Waals surface area contributed by atoms with Crippen molar-refractivity contribution < 1.29 is 22.7 Å². The molecule has 0 unspecified atom stereocenters. The summed E-state index contributed by atoms with van der Waals surface area (Å²) in [4.78, 5) is 12.9. The van der Waals surface area contributed by atoms with E-state index in [-0.39, 0.29) is 24.0 Å². The quantitative estimate of drug-likeness (QED) is 0.622. The zero-order valence-corrected chi connectivity index (χ0v) is 19.7. The molecule has 174 valence electrons. The third-order valence-electron chi connectivity index (χ3n) is 5.62. The molecule has 0 spiro atoms. The van der Waals surface area contributed by atoms with Gasteiger partial charge in [0.25, 0.3) is 0 Å². The van der Waals surface area contributed by atoms with Crippen molar-refractivity contribution in [2.75, 3.05) is 36.9 Å². The molecule has 7 nitrogen and oxygen atoms in total. The number of sulfonamides is 1. The number of hydrogen-bond acceptors (Lipinski definition) is 5. The Kier molecular flexibility index (Phi) is 7.79. The third kappa shape index (κ3) is 6.23. The number of hydrogen-bond donors (Lipinski definition) is 1. The fraction of sp³-hybridized carbons (Fsp3) is 0.458. The van der Waals surface area contributed by atoms with E-state index in [2.05, 4.69) is 17.4 Å². The number of carbonyl (C=O) groups excluding carboxylic acids is 1. The molecule has 32 heavy (non-hydrogen) atoms. The van der Waals surface area contributed by atoms with Gasteiger partial charge in [-0.2, -0.15) is 0 Å². The summed E-state index contributed by atoms with van der Waals surface area (Å²) in [5.74, 6) is 0.198. The lowest BCUT2D eigenvalue weighted by molar-refractivity contribution is -0.120. The van der Waals surface area contributed by atoms with E-state index < -0.39 is 10.0 Å². The lowest BCUT2D eigenvalue weighted by Gasteiger charge is -2.38. The van der Waals surface area contributed by atoms with Gasteiger partial charge in [0.1, 0.15) is 12.3 Å². The molecule has 0 atom stereocenters. The lowest BCUT2D eigenvalue weighted by Crippen LogP contribution is -2.47. The highest BCUT2D eigenvalue weighted by atomic mass is 32.2. The maximum absolute atomic E-state index is 12.9. The van der Waals surface area contributed by atoms with Gasteiger partial charge in [-0.3, -0.25) is 9.10 Å².